The number of rotatable bonds is 7. The van der Waals surface area contributed by atoms with Crippen LogP contribution in [0.25, 0.3) is 33.2 Å². The van der Waals surface area contributed by atoms with Gasteiger partial charge in [-0.15, -0.1) is 0 Å². The van der Waals surface area contributed by atoms with E-state index in [2.05, 4.69) is 41.8 Å². The van der Waals surface area contributed by atoms with Gasteiger partial charge in [-0.25, -0.2) is 4.57 Å². The van der Waals surface area contributed by atoms with Crippen molar-refractivity contribution in [2.24, 2.45) is 0 Å². The van der Waals surface area contributed by atoms with Gasteiger partial charge in [0.15, 0.2) is 23.0 Å². The lowest BCUT2D eigenvalue weighted by Crippen LogP contribution is -2.45. The topological polar surface area (TPSA) is 53.3 Å². The lowest BCUT2D eigenvalue weighted by molar-refractivity contribution is -0.674. The molecule has 0 unspecified atom stereocenters. The van der Waals surface area contributed by atoms with E-state index in [4.69, 9.17) is 23.7 Å². The highest BCUT2D eigenvalue weighted by atomic mass is 16.5. The van der Waals surface area contributed by atoms with Crippen molar-refractivity contribution in [2.75, 3.05) is 54.5 Å². The van der Waals surface area contributed by atoms with Crippen LogP contribution in [0.5, 0.6) is 28.7 Å². The summed E-state index contributed by atoms with van der Waals surface area (Å²) in [5.74, 6) is 4.84. The molecule has 1 aliphatic heterocycles. The van der Waals surface area contributed by atoms with E-state index in [1.54, 1.807) is 35.5 Å². The van der Waals surface area contributed by atoms with E-state index >= 15 is 0 Å². The van der Waals surface area contributed by atoms with Gasteiger partial charge in [0.05, 0.1) is 61.6 Å². The summed E-state index contributed by atoms with van der Waals surface area (Å²) in [6.07, 6.45) is 0.815. The van der Waals surface area contributed by atoms with E-state index in [0.29, 0.717) is 11.5 Å². The van der Waals surface area contributed by atoms with Gasteiger partial charge < -0.3 is 23.7 Å². The number of nitrogens with zero attached hydrogens (tertiary/aromatic N) is 2. The number of hydrogen-bond donors (Lipinski definition) is 0. The predicted octanol–water partition coefficient (Wildman–Crippen LogP) is 5.13. The first-order valence-corrected chi connectivity index (χ1v) is 12.2. The predicted molar refractivity (Wildman–Crippen MR) is 146 cm³/mol. The Morgan fingerprint density at radius 1 is 0.703 bits per heavy atom. The van der Waals surface area contributed by atoms with Gasteiger partial charge in [0.2, 0.25) is 0 Å². The van der Waals surface area contributed by atoms with Crippen LogP contribution < -0.4 is 33.2 Å². The molecule has 0 saturated carbocycles. The molecule has 0 amide bonds. The van der Waals surface area contributed by atoms with Crippen molar-refractivity contribution in [1.82, 2.24) is 0 Å². The van der Waals surface area contributed by atoms with Gasteiger partial charge in [0.1, 0.15) is 11.4 Å². The van der Waals surface area contributed by atoms with Crippen LogP contribution in [0.2, 0.25) is 0 Å². The molecule has 0 aliphatic carbocycles. The van der Waals surface area contributed by atoms with Crippen LogP contribution in [0.4, 0.5) is 5.82 Å². The molecule has 0 fully saturated rings. The van der Waals surface area contributed by atoms with Crippen molar-refractivity contribution in [3.8, 4) is 51.1 Å². The monoisotopic (exact) mass is 501 g/mol. The minimum absolute atomic E-state index is 0.701. The minimum atomic E-state index is 0.701. The van der Waals surface area contributed by atoms with Crippen LogP contribution in [0.1, 0.15) is 5.56 Å². The molecular formula is C30H33N2O5+. The average molecular weight is 502 g/mol. The van der Waals surface area contributed by atoms with Crippen molar-refractivity contribution >= 4 is 16.6 Å². The Balaban J connectivity index is 1.84. The molecule has 0 bridgehead atoms. The number of hydrogen-bond acceptors (Lipinski definition) is 6. The SMILES string of the molecule is COc1ccc(-c2cc3c(c(OC)c2OC)CC[n+]2c-3cc3cc(OC)c(OC)cc3c2N(C)C)cc1. The Morgan fingerprint density at radius 2 is 1.38 bits per heavy atom. The highest BCUT2D eigenvalue weighted by Crippen LogP contribution is 2.47. The molecule has 7 heteroatoms. The summed E-state index contributed by atoms with van der Waals surface area (Å²) in [7, 11) is 12.6. The summed E-state index contributed by atoms with van der Waals surface area (Å²) in [5, 5.41) is 2.17. The van der Waals surface area contributed by atoms with E-state index in [0.717, 1.165) is 74.8 Å². The maximum absolute atomic E-state index is 5.98. The second kappa shape index (κ2) is 9.73. The van der Waals surface area contributed by atoms with Gasteiger partial charge in [0.25, 0.3) is 5.82 Å². The van der Waals surface area contributed by atoms with Crippen LogP contribution in [-0.4, -0.2) is 49.6 Å². The lowest BCUT2D eigenvalue weighted by Gasteiger charge is -2.27. The molecule has 7 nitrogen and oxygen atoms in total. The summed E-state index contributed by atoms with van der Waals surface area (Å²) >= 11 is 0. The maximum atomic E-state index is 5.98. The van der Waals surface area contributed by atoms with Gasteiger partial charge in [-0.2, -0.15) is 0 Å². The molecule has 1 aliphatic rings. The Morgan fingerprint density at radius 3 is 1.97 bits per heavy atom. The molecule has 3 aromatic carbocycles. The minimum Gasteiger partial charge on any atom is -0.497 e. The number of pyridine rings is 1. The van der Waals surface area contributed by atoms with E-state index in [1.807, 2.05) is 30.3 Å². The molecule has 1 aromatic heterocycles. The molecule has 0 radical (unpaired) electrons. The number of anilines is 1. The van der Waals surface area contributed by atoms with E-state index < -0.39 is 0 Å². The maximum Gasteiger partial charge on any atom is 0.284 e. The lowest BCUT2D eigenvalue weighted by atomic mass is 9.90. The number of methoxy groups -OCH3 is 5. The average Bonchev–Trinajstić information content (AvgIpc) is 2.93. The summed E-state index contributed by atoms with van der Waals surface area (Å²) in [6, 6.07) is 16.6. The zero-order chi connectivity index (χ0) is 26.3. The second-order valence-corrected chi connectivity index (χ2v) is 9.19. The van der Waals surface area contributed by atoms with Crippen molar-refractivity contribution in [3.05, 3.63) is 54.1 Å². The van der Waals surface area contributed by atoms with Gasteiger partial charge in [-0.05, 0) is 41.3 Å². The Hall–Kier alpha value is -4.13. The van der Waals surface area contributed by atoms with Crippen molar-refractivity contribution in [3.63, 3.8) is 0 Å². The quantitative estimate of drug-likeness (QED) is 0.328. The summed E-state index contributed by atoms with van der Waals surface area (Å²) < 4.78 is 30.9. The molecule has 0 N–H and O–H groups in total. The fraction of sp³-hybridized carbons (Fsp3) is 0.300. The Kier molecular flexibility index (Phi) is 6.46. The summed E-state index contributed by atoms with van der Waals surface area (Å²) in [6.45, 7) is 0.807. The highest BCUT2D eigenvalue weighted by molar-refractivity contribution is 5.96. The van der Waals surface area contributed by atoms with Gasteiger partial charge in [-0.3, -0.25) is 4.90 Å². The van der Waals surface area contributed by atoms with E-state index in [-0.39, 0.29) is 0 Å². The van der Waals surface area contributed by atoms with Crippen LogP contribution in [0.3, 0.4) is 0 Å². The fourth-order valence-corrected chi connectivity index (χ4v) is 5.41. The summed E-state index contributed by atoms with van der Waals surface area (Å²) in [4.78, 5) is 2.16. The molecule has 37 heavy (non-hydrogen) atoms. The third kappa shape index (κ3) is 3.95. The zero-order valence-electron chi connectivity index (χ0n) is 22.5. The number of benzene rings is 3. The first kappa shape index (κ1) is 24.6. The molecule has 4 aromatic rings. The molecule has 5 rings (SSSR count). The second-order valence-electron chi connectivity index (χ2n) is 9.19. The smallest absolute Gasteiger partial charge is 0.284 e. The largest absolute Gasteiger partial charge is 0.497 e. The van der Waals surface area contributed by atoms with Crippen LogP contribution in [0.15, 0.2) is 48.5 Å². The van der Waals surface area contributed by atoms with Gasteiger partial charge in [-0.1, -0.05) is 12.1 Å². The van der Waals surface area contributed by atoms with E-state index in [9.17, 15) is 0 Å². The first-order chi connectivity index (χ1) is 17.9. The normalized spacial score (nSPS) is 12.0. The van der Waals surface area contributed by atoms with Crippen molar-refractivity contribution < 1.29 is 28.3 Å². The molecule has 2 heterocycles. The number of ether oxygens (including phenoxy) is 5. The number of aromatic nitrogens is 1. The Labute approximate surface area is 217 Å². The zero-order valence-corrected chi connectivity index (χ0v) is 22.5. The molecule has 192 valence electrons. The van der Waals surface area contributed by atoms with Crippen LogP contribution >= 0.6 is 0 Å². The van der Waals surface area contributed by atoms with Crippen molar-refractivity contribution in [1.29, 1.82) is 0 Å². The molecule has 0 spiro atoms. The third-order valence-corrected chi connectivity index (χ3v) is 7.07. The fourth-order valence-electron chi connectivity index (χ4n) is 5.41. The van der Waals surface area contributed by atoms with Gasteiger partial charge in [0, 0.05) is 29.2 Å². The van der Waals surface area contributed by atoms with Crippen molar-refractivity contribution in [2.45, 2.75) is 13.0 Å². The van der Waals surface area contributed by atoms with Gasteiger partial charge >= 0.3 is 0 Å². The molecule has 0 saturated heterocycles. The first-order valence-electron chi connectivity index (χ1n) is 12.2. The number of fused-ring (bicyclic) bond motifs is 4. The third-order valence-electron chi connectivity index (χ3n) is 7.07. The van der Waals surface area contributed by atoms with Crippen LogP contribution in [-0.2, 0) is 13.0 Å². The molecular weight excluding hydrogens is 468 g/mol. The van der Waals surface area contributed by atoms with Crippen LogP contribution in [0, 0.1) is 0 Å². The Bertz CT molecular complexity index is 1480. The standard InChI is InChI=1S/C30H33N2O5/c1-31(2)30-23-17-27(35-5)26(34-4)15-19(23)14-25-24-16-22(18-8-10-20(33-3)11-9-18)29(37-7)28(36-6)21(24)12-13-32(25)30/h8-11,14-17H,12-13H2,1-7H3/q+1. The highest BCUT2D eigenvalue weighted by Gasteiger charge is 2.32. The molecule has 0 atom stereocenters. The summed E-state index contributed by atoms with van der Waals surface area (Å²) in [5.41, 5.74) is 5.36. The van der Waals surface area contributed by atoms with E-state index in [1.165, 1.54) is 0 Å².